The maximum absolute atomic E-state index is 11.2. The lowest BCUT2D eigenvalue weighted by Crippen LogP contribution is -2.43. The molecular weight excluding hydrogens is 276 g/mol. The first-order valence-electron chi connectivity index (χ1n) is 6.76. The molecular formula is C12H20N6O3. The van der Waals surface area contributed by atoms with Crippen molar-refractivity contribution in [2.24, 2.45) is 0 Å². The number of hydrogen-bond donors (Lipinski definition) is 2. The van der Waals surface area contributed by atoms with Gasteiger partial charge < -0.3 is 20.3 Å². The zero-order valence-corrected chi connectivity index (χ0v) is 12.4. The molecule has 9 heteroatoms. The van der Waals surface area contributed by atoms with Gasteiger partial charge in [0.2, 0.25) is 11.8 Å². The highest BCUT2D eigenvalue weighted by Crippen LogP contribution is 2.26. The van der Waals surface area contributed by atoms with Crippen LogP contribution in [-0.2, 0) is 4.74 Å². The highest BCUT2D eigenvalue weighted by molar-refractivity contribution is 5.60. The minimum absolute atomic E-state index is 0.0170. The number of anilines is 2. The second-order valence-electron chi connectivity index (χ2n) is 4.97. The Labute approximate surface area is 122 Å². The van der Waals surface area contributed by atoms with Gasteiger partial charge in [0.05, 0.1) is 17.6 Å². The van der Waals surface area contributed by atoms with E-state index in [0.717, 1.165) is 13.1 Å². The van der Waals surface area contributed by atoms with E-state index >= 15 is 0 Å². The lowest BCUT2D eigenvalue weighted by Gasteiger charge is -2.30. The highest BCUT2D eigenvalue weighted by atomic mass is 16.6. The molecule has 21 heavy (non-hydrogen) atoms. The fourth-order valence-electron chi connectivity index (χ4n) is 2.22. The van der Waals surface area contributed by atoms with Crippen LogP contribution in [0.2, 0.25) is 0 Å². The minimum Gasteiger partial charge on any atom is -0.374 e. The first kappa shape index (κ1) is 15.4. The van der Waals surface area contributed by atoms with Crippen LogP contribution in [0, 0.1) is 17.0 Å². The van der Waals surface area contributed by atoms with Gasteiger partial charge in [0, 0.05) is 26.7 Å². The van der Waals surface area contributed by atoms with E-state index in [-0.39, 0.29) is 17.6 Å². The molecule has 1 aliphatic rings. The molecule has 1 aromatic rings. The van der Waals surface area contributed by atoms with Gasteiger partial charge in [-0.25, -0.2) is 4.98 Å². The number of nitro groups is 1. The van der Waals surface area contributed by atoms with Gasteiger partial charge in [-0.05, 0) is 14.0 Å². The molecule has 1 saturated heterocycles. The molecule has 0 amide bonds. The average molecular weight is 296 g/mol. The molecule has 9 nitrogen and oxygen atoms in total. The molecule has 1 fully saturated rings. The van der Waals surface area contributed by atoms with Gasteiger partial charge in [-0.1, -0.05) is 0 Å². The van der Waals surface area contributed by atoms with Crippen molar-refractivity contribution in [2.75, 3.05) is 51.0 Å². The Hall–Kier alpha value is -2.00. The zero-order chi connectivity index (χ0) is 15.4. The fourth-order valence-corrected chi connectivity index (χ4v) is 2.22. The molecule has 0 saturated carbocycles. The molecule has 2 N–H and O–H groups in total. The molecule has 1 aromatic heterocycles. The van der Waals surface area contributed by atoms with Crippen molar-refractivity contribution in [3.05, 3.63) is 15.8 Å². The molecule has 0 aromatic carbocycles. The highest BCUT2D eigenvalue weighted by Gasteiger charge is 2.24. The number of nitrogens with zero attached hydrogens (tertiary/aromatic N) is 4. The van der Waals surface area contributed by atoms with Gasteiger partial charge in [0.15, 0.2) is 0 Å². The van der Waals surface area contributed by atoms with Crippen LogP contribution in [0.15, 0.2) is 0 Å². The number of likely N-dealkylation sites (N-methyl/N-ethyl adjacent to an activating group) is 1. The number of nitrogens with one attached hydrogen (secondary N) is 2. The first-order valence-corrected chi connectivity index (χ1v) is 6.76. The van der Waals surface area contributed by atoms with E-state index in [1.807, 2.05) is 7.05 Å². The van der Waals surface area contributed by atoms with Crippen molar-refractivity contribution < 1.29 is 9.66 Å². The van der Waals surface area contributed by atoms with Gasteiger partial charge in [-0.3, -0.25) is 10.1 Å². The van der Waals surface area contributed by atoms with Crippen LogP contribution in [-0.4, -0.2) is 66.2 Å². The van der Waals surface area contributed by atoms with Crippen molar-refractivity contribution in [3.63, 3.8) is 0 Å². The molecule has 0 aliphatic carbocycles. The SMILES string of the molecule is CNc1nc(C)c([N+](=O)[O-])c(NCC2CN(C)CCO2)n1. The number of hydrogen-bond acceptors (Lipinski definition) is 8. The predicted molar refractivity (Wildman–Crippen MR) is 78.7 cm³/mol. The number of morpholine rings is 1. The third-order valence-corrected chi connectivity index (χ3v) is 3.30. The van der Waals surface area contributed by atoms with Crippen molar-refractivity contribution in [2.45, 2.75) is 13.0 Å². The van der Waals surface area contributed by atoms with Crippen LogP contribution >= 0.6 is 0 Å². The summed E-state index contributed by atoms with van der Waals surface area (Å²) in [6.45, 7) is 4.40. The normalized spacial score (nSPS) is 19.3. The molecule has 1 aliphatic heterocycles. The summed E-state index contributed by atoms with van der Waals surface area (Å²) in [6.07, 6.45) is -0.0170. The van der Waals surface area contributed by atoms with Crippen molar-refractivity contribution in [1.82, 2.24) is 14.9 Å². The molecule has 0 radical (unpaired) electrons. The summed E-state index contributed by atoms with van der Waals surface area (Å²) in [7, 11) is 3.69. The Kier molecular flexibility index (Phi) is 4.86. The Morgan fingerprint density at radius 2 is 2.29 bits per heavy atom. The molecule has 2 heterocycles. The smallest absolute Gasteiger partial charge is 0.332 e. The molecule has 2 rings (SSSR count). The Bertz CT molecular complexity index is 524. The monoisotopic (exact) mass is 296 g/mol. The van der Waals surface area contributed by atoms with E-state index < -0.39 is 4.92 Å². The summed E-state index contributed by atoms with van der Waals surface area (Å²) in [6, 6.07) is 0. The van der Waals surface area contributed by atoms with E-state index in [0.29, 0.717) is 24.8 Å². The van der Waals surface area contributed by atoms with Crippen molar-refractivity contribution >= 4 is 17.5 Å². The summed E-state index contributed by atoms with van der Waals surface area (Å²) >= 11 is 0. The second kappa shape index (κ2) is 6.64. The number of aryl methyl sites for hydroxylation is 1. The molecule has 116 valence electrons. The summed E-state index contributed by atoms with van der Waals surface area (Å²) in [5, 5.41) is 17.0. The topological polar surface area (TPSA) is 105 Å². The van der Waals surface area contributed by atoms with E-state index in [1.54, 1.807) is 14.0 Å². The Balaban J connectivity index is 2.14. The number of ether oxygens (including phenoxy) is 1. The van der Waals surface area contributed by atoms with Crippen molar-refractivity contribution in [3.8, 4) is 0 Å². The van der Waals surface area contributed by atoms with E-state index in [9.17, 15) is 10.1 Å². The summed E-state index contributed by atoms with van der Waals surface area (Å²) in [5.41, 5.74) is 0.224. The molecule has 1 atom stereocenters. The van der Waals surface area contributed by atoms with Crippen molar-refractivity contribution in [1.29, 1.82) is 0 Å². The van der Waals surface area contributed by atoms with E-state index in [4.69, 9.17) is 4.74 Å². The zero-order valence-electron chi connectivity index (χ0n) is 12.4. The fraction of sp³-hybridized carbons (Fsp3) is 0.667. The third-order valence-electron chi connectivity index (χ3n) is 3.30. The van der Waals surface area contributed by atoms with Gasteiger partial charge in [-0.15, -0.1) is 0 Å². The average Bonchev–Trinajstić information content (AvgIpc) is 2.44. The van der Waals surface area contributed by atoms with Crippen LogP contribution < -0.4 is 10.6 Å². The van der Waals surface area contributed by atoms with Gasteiger partial charge >= 0.3 is 5.69 Å². The second-order valence-corrected chi connectivity index (χ2v) is 4.97. The van der Waals surface area contributed by atoms with Crippen LogP contribution in [0.3, 0.4) is 0 Å². The lowest BCUT2D eigenvalue weighted by atomic mass is 10.2. The van der Waals surface area contributed by atoms with Gasteiger partial charge in [-0.2, -0.15) is 4.98 Å². The van der Waals surface area contributed by atoms with Crippen LogP contribution in [0.5, 0.6) is 0 Å². The summed E-state index contributed by atoms with van der Waals surface area (Å²) < 4.78 is 5.62. The van der Waals surface area contributed by atoms with E-state index in [2.05, 4.69) is 25.5 Å². The first-order chi connectivity index (χ1) is 10.0. The van der Waals surface area contributed by atoms with Crippen LogP contribution in [0.1, 0.15) is 5.69 Å². The Morgan fingerprint density at radius 1 is 1.52 bits per heavy atom. The number of aromatic nitrogens is 2. The molecule has 0 spiro atoms. The van der Waals surface area contributed by atoms with Gasteiger partial charge in [0.1, 0.15) is 5.69 Å². The predicted octanol–water partition coefficient (Wildman–Crippen LogP) is 0.477. The largest absolute Gasteiger partial charge is 0.374 e. The Morgan fingerprint density at radius 3 is 2.90 bits per heavy atom. The molecule has 0 bridgehead atoms. The summed E-state index contributed by atoms with van der Waals surface area (Å²) in [4.78, 5) is 21.0. The van der Waals surface area contributed by atoms with Crippen LogP contribution in [0.4, 0.5) is 17.5 Å². The maximum atomic E-state index is 11.2. The minimum atomic E-state index is -0.467. The van der Waals surface area contributed by atoms with E-state index in [1.165, 1.54) is 0 Å². The summed E-state index contributed by atoms with van der Waals surface area (Å²) in [5.74, 6) is 0.566. The lowest BCUT2D eigenvalue weighted by molar-refractivity contribution is -0.385. The number of rotatable bonds is 5. The van der Waals surface area contributed by atoms with Crippen LogP contribution in [0.25, 0.3) is 0 Å². The third kappa shape index (κ3) is 3.76. The maximum Gasteiger partial charge on any atom is 0.332 e. The molecule has 1 unspecified atom stereocenters. The standard InChI is InChI=1S/C12H20N6O3/c1-8-10(18(19)20)11(16-12(13-2)15-8)14-6-9-7-17(3)4-5-21-9/h9H,4-7H2,1-3H3,(H2,13,14,15,16). The quantitative estimate of drug-likeness (QED) is 0.597. The van der Waals surface area contributed by atoms with Gasteiger partial charge in [0.25, 0.3) is 0 Å².